The monoisotopic (exact) mass is 330 g/mol. The molecular formula is C17H18N2O3S. The summed E-state index contributed by atoms with van der Waals surface area (Å²) in [5, 5.41) is 6.49. The Morgan fingerprint density at radius 2 is 2.04 bits per heavy atom. The van der Waals surface area contributed by atoms with Crippen molar-refractivity contribution in [1.29, 1.82) is 0 Å². The van der Waals surface area contributed by atoms with E-state index in [0.717, 1.165) is 18.4 Å². The third kappa shape index (κ3) is 4.16. The number of carbonyl (C=O) groups is 2. The van der Waals surface area contributed by atoms with Gasteiger partial charge >= 0.3 is 0 Å². The Balaban J connectivity index is 1.59. The van der Waals surface area contributed by atoms with Crippen molar-refractivity contribution in [1.82, 2.24) is 10.6 Å². The summed E-state index contributed by atoms with van der Waals surface area (Å²) in [4.78, 5) is 24.1. The molecule has 0 saturated heterocycles. The minimum Gasteiger partial charge on any atom is -0.457 e. The molecule has 5 nitrogen and oxygen atoms in total. The average Bonchev–Trinajstić information content (AvgIpc) is 3.25. The van der Waals surface area contributed by atoms with Crippen molar-refractivity contribution in [3.05, 3.63) is 53.3 Å². The fourth-order valence-corrected chi connectivity index (χ4v) is 2.54. The smallest absolute Gasteiger partial charge is 0.254 e. The number of furan rings is 1. The van der Waals surface area contributed by atoms with Gasteiger partial charge in [0.1, 0.15) is 6.26 Å². The number of thioether (sulfide) groups is 1. The van der Waals surface area contributed by atoms with Crippen molar-refractivity contribution in [3.63, 3.8) is 0 Å². The highest BCUT2D eigenvalue weighted by molar-refractivity contribution is 7.98. The van der Waals surface area contributed by atoms with Crippen LogP contribution < -0.4 is 10.6 Å². The van der Waals surface area contributed by atoms with Gasteiger partial charge in [0.15, 0.2) is 5.09 Å². The van der Waals surface area contributed by atoms with Gasteiger partial charge in [0.05, 0.1) is 5.56 Å². The van der Waals surface area contributed by atoms with Crippen molar-refractivity contribution < 1.29 is 14.0 Å². The van der Waals surface area contributed by atoms with Crippen LogP contribution in [0.25, 0.3) is 0 Å². The lowest BCUT2D eigenvalue weighted by Crippen LogP contribution is -2.26. The Bertz CT molecular complexity index is 722. The molecule has 0 atom stereocenters. The molecule has 1 fully saturated rings. The van der Waals surface area contributed by atoms with Crippen LogP contribution in [0.15, 0.2) is 46.1 Å². The second-order valence-corrected chi connectivity index (χ2v) is 6.30. The third-order valence-electron chi connectivity index (χ3n) is 3.59. The van der Waals surface area contributed by atoms with E-state index in [-0.39, 0.29) is 11.8 Å². The standard InChI is InChI=1S/C17H18N2O3S/c1-23-15-8-13(10-22-15)16(20)18-9-11-3-2-4-12(7-11)17(21)19-14-5-6-14/h2-4,7-8,10,14H,5-6,9H2,1H3,(H,18,20)(H,19,21). The second-order valence-electron chi connectivity index (χ2n) is 5.49. The molecule has 1 aromatic heterocycles. The van der Waals surface area contributed by atoms with Crippen LogP contribution in [-0.2, 0) is 6.54 Å². The fourth-order valence-electron chi connectivity index (χ4n) is 2.15. The zero-order valence-electron chi connectivity index (χ0n) is 12.8. The zero-order chi connectivity index (χ0) is 16.2. The Kier molecular flexibility index (Phi) is 4.71. The van der Waals surface area contributed by atoms with Crippen molar-refractivity contribution in [2.45, 2.75) is 30.5 Å². The predicted molar refractivity (Wildman–Crippen MR) is 88.6 cm³/mol. The summed E-state index contributed by atoms with van der Waals surface area (Å²) in [6, 6.07) is 9.34. The molecule has 1 saturated carbocycles. The zero-order valence-corrected chi connectivity index (χ0v) is 13.6. The van der Waals surface area contributed by atoms with Crippen LogP contribution in [0, 0.1) is 0 Å². The van der Waals surface area contributed by atoms with Crippen molar-refractivity contribution >= 4 is 23.6 Å². The molecule has 1 heterocycles. The van der Waals surface area contributed by atoms with Gasteiger partial charge < -0.3 is 15.1 Å². The van der Waals surface area contributed by atoms with Crippen LogP contribution in [0.1, 0.15) is 39.1 Å². The van der Waals surface area contributed by atoms with Gasteiger partial charge in [-0.25, -0.2) is 0 Å². The van der Waals surface area contributed by atoms with Gasteiger partial charge in [-0.15, -0.1) is 0 Å². The molecule has 2 N–H and O–H groups in total. The van der Waals surface area contributed by atoms with Crippen LogP contribution >= 0.6 is 11.8 Å². The number of nitrogens with one attached hydrogen (secondary N) is 2. The summed E-state index contributed by atoms with van der Waals surface area (Å²) < 4.78 is 5.23. The van der Waals surface area contributed by atoms with Crippen molar-refractivity contribution in [3.8, 4) is 0 Å². The number of amides is 2. The fraction of sp³-hybridized carbons (Fsp3) is 0.294. The lowest BCUT2D eigenvalue weighted by molar-refractivity contribution is 0.0944. The highest BCUT2D eigenvalue weighted by atomic mass is 32.2. The Labute approximate surface area is 138 Å². The van der Waals surface area contributed by atoms with Crippen LogP contribution in [-0.4, -0.2) is 24.1 Å². The molecule has 2 aromatic rings. The number of hydrogen-bond acceptors (Lipinski definition) is 4. The maximum Gasteiger partial charge on any atom is 0.254 e. The topological polar surface area (TPSA) is 71.3 Å². The average molecular weight is 330 g/mol. The Hall–Kier alpha value is -2.21. The molecule has 6 heteroatoms. The first-order valence-electron chi connectivity index (χ1n) is 7.46. The van der Waals surface area contributed by atoms with E-state index in [1.807, 2.05) is 18.4 Å². The van der Waals surface area contributed by atoms with Gasteiger partial charge in [-0.05, 0) is 36.8 Å². The Morgan fingerprint density at radius 1 is 1.22 bits per heavy atom. The van der Waals surface area contributed by atoms with E-state index in [2.05, 4.69) is 10.6 Å². The van der Waals surface area contributed by atoms with Crippen LogP contribution in [0.2, 0.25) is 0 Å². The molecule has 0 spiro atoms. The Morgan fingerprint density at radius 3 is 2.74 bits per heavy atom. The minimum absolute atomic E-state index is 0.0554. The summed E-state index contributed by atoms with van der Waals surface area (Å²) in [5.74, 6) is -0.248. The minimum atomic E-state index is -0.193. The molecule has 0 aliphatic heterocycles. The molecular weight excluding hydrogens is 312 g/mol. The van der Waals surface area contributed by atoms with E-state index in [1.165, 1.54) is 18.0 Å². The maximum atomic E-state index is 12.1. The van der Waals surface area contributed by atoms with E-state index in [9.17, 15) is 9.59 Å². The molecule has 2 amide bonds. The lowest BCUT2D eigenvalue weighted by Gasteiger charge is -2.07. The van der Waals surface area contributed by atoms with E-state index < -0.39 is 0 Å². The lowest BCUT2D eigenvalue weighted by atomic mass is 10.1. The molecule has 120 valence electrons. The maximum absolute atomic E-state index is 12.1. The summed E-state index contributed by atoms with van der Waals surface area (Å²) >= 11 is 1.45. The first-order valence-corrected chi connectivity index (χ1v) is 8.68. The highest BCUT2D eigenvalue weighted by Gasteiger charge is 2.23. The van der Waals surface area contributed by atoms with Gasteiger partial charge in [-0.3, -0.25) is 9.59 Å². The SMILES string of the molecule is CSc1cc(C(=O)NCc2cccc(C(=O)NC3CC3)c2)co1. The highest BCUT2D eigenvalue weighted by Crippen LogP contribution is 2.20. The molecule has 23 heavy (non-hydrogen) atoms. The number of hydrogen-bond donors (Lipinski definition) is 2. The van der Waals surface area contributed by atoms with Crippen LogP contribution in [0.3, 0.4) is 0 Å². The number of carbonyl (C=O) groups excluding carboxylic acids is 2. The van der Waals surface area contributed by atoms with Gasteiger partial charge in [0.25, 0.3) is 11.8 Å². The molecule has 0 bridgehead atoms. The summed E-state index contributed by atoms with van der Waals surface area (Å²) in [5.41, 5.74) is 2.00. The second kappa shape index (κ2) is 6.91. The predicted octanol–water partition coefficient (Wildman–Crippen LogP) is 2.82. The molecule has 3 rings (SSSR count). The number of benzene rings is 1. The van der Waals surface area contributed by atoms with Gasteiger partial charge in [0, 0.05) is 24.2 Å². The van der Waals surface area contributed by atoms with E-state index in [0.29, 0.717) is 28.8 Å². The van der Waals surface area contributed by atoms with Crippen LogP contribution in [0.5, 0.6) is 0 Å². The van der Waals surface area contributed by atoms with E-state index in [4.69, 9.17) is 4.42 Å². The molecule has 1 aliphatic rings. The summed E-state index contributed by atoms with van der Waals surface area (Å²) in [7, 11) is 0. The van der Waals surface area contributed by atoms with Crippen LogP contribution in [0.4, 0.5) is 0 Å². The molecule has 0 radical (unpaired) electrons. The van der Waals surface area contributed by atoms with Gasteiger partial charge in [-0.2, -0.15) is 0 Å². The summed E-state index contributed by atoms with van der Waals surface area (Å²) in [6.07, 6.45) is 5.45. The number of rotatable bonds is 6. The third-order valence-corrected chi connectivity index (χ3v) is 4.21. The first kappa shape index (κ1) is 15.7. The van der Waals surface area contributed by atoms with E-state index >= 15 is 0 Å². The normalized spacial score (nSPS) is 13.6. The first-order chi connectivity index (χ1) is 11.2. The van der Waals surface area contributed by atoms with Crippen molar-refractivity contribution in [2.75, 3.05) is 6.26 Å². The molecule has 0 unspecified atom stereocenters. The molecule has 1 aliphatic carbocycles. The van der Waals surface area contributed by atoms with Gasteiger partial charge in [0.2, 0.25) is 0 Å². The van der Waals surface area contributed by atoms with Gasteiger partial charge in [-0.1, -0.05) is 23.9 Å². The molecule has 1 aromatic carbocycles. The quantitative estimate of drug-likeness (QED) is 0.799. The van der Waals surface area contributed by atoms with Crippen molar-refractivity contribution in [2.24, 2.45) is 0 Å². The van der Waals surface area contributed by atoms with E-state index in [1.54, 1.807) is 18.2 Å². The largest absolute Gasteiger partial charge is 0.457 e. The summed E-state index contributed by atoms with van der Waals surface area (Å²) in [6.45, 7) is 0.364.